The Kier molecular flexibility index (Phi) is 4.34. The number of rotatable bonds is 4. The summed E-state index contributed by atoms with van der Waals surface area (Å²) in [5, 5.41) is 12.3. The number of aliphatic hydroxyl groups excluding tert-OH is 1. The van der Waals surface area contributed by atoms with Crippen molar-refractivity contribution < 1.29 is 18.3 Å². The second kappa shape index (κ2) is 5.82. The van der Waals surface area contributed by atoms with Crippen molar-refractivity contribution in [2.45, 2.75) is 32.1 Å². The van der Waals surface area contributed by atoms with Gasteiger partial charge in [0.1, 0.15) is 0 Å². The van der Waals surface area contributed by atoms with Crippen molar-refractivity contribution in [1.82, 2.24) is 0 Å². The fourth-order valence-corrected chi connectivity index (χ4v) is 2.64. The molecule has 1 aliphatic rings. The van der Waals surface area contributed by atoms with Gasteiger partial charge >= 0.3 is 0 Å². The van der Waals surface area contributed by atoms with Crippen molar-refractivity contribution in [3.63, 3.8) is 0 Å². The summed E-state index contributed by atoms with van der Waals surface area (Å²) in [6.07, 6.45) is 4.93. The van der Waals surface area contributed by atoms with E-state index < -0.39 is 17.5 Å². The number of anilines is 1. The van der Waals surface area contributed by atoms with Crippen LogP contribution in [-0.2, 0) is 0 Å². The third-order valence-corrected chi connectivity index (χ3v) is 3.94. The molecule has 106 valence electrons. The van der Waals surface area contributed by atoms with E-state index >= 15 is 0 Å². The van der Waals surface area contributed by atoms with E-state index in [-0.39, 0.29) is 17.7 Å². The lowest BCUT2D eigenvalue weighted by atomic mass is 9.74. The van der Waals surface area contributed by atoms with Crippen molar-refractivity contribution in [3.05, 3.63) is 29.6 Å². The van der Waals surface area contributed by atoms with Gasteiger partial charge in [0.25, 0.3) is 0 Å². The zero-order chi connectivity index (χ0) is 13.9. The molecular formula is C14H18F3NO. The first-order valence-electron chi connectivity index (χ1n) is 6.56. The monoisotopic (exact) mass is 273 g/mol. The fraction of sp³-hybridized carbons (Fsp3) is 0.571. The van der Waals surface area contributed by atoms with Crippen LogP contribution in [0.4, 0.5) is 18.9 Å². The van der Waals surface area contributed by atoms with Gasteiger partial charge in [-0.1, -0.05) is 19.3 Å². The molecule has 1 aromatic rings. The number of aliphatic hydroxyl groups is 1. The predicted octanol–water partition coefficient (Wildman–Crippen LogP) is 3.46. The Morgan fingerprint density at radius 1 is 1.05 bits per heavy atom. The molecule has 0 aliphatic heterocycles. The summed E-state index contributed by atoms with van der Waals surface area (Å²) in [4.78, 5) is 0. The highest BCUT2D eigenvalue weighted by Crippen LogP contribution is 2.36. The summed E-state index contributed by atoms with van der Waals surface area (Å²) >= 11 is 0. The Morgan fingerprint density at radius 2 is 1.74 bits per heavy atom. The van der Waals surface area contributed by atoms with E-state index in [1.807, 2.05) is 0 Å². The van der Waals surface area contributed by atoms with Crippen molar-refractivity contribution in [2.75, 3.05) is 18.5 Å². The normalized spacial score (nSPS) is 18.3. The highest BCUT2D eigenvalue weighted by molar-refractivity contribution is 5.45. The molecular weight excluding hydrogens is 255 g/mol. The molecule has 0 radical (unpaired) electrons. The quantitative estimate of drug-likeness (QED) is 0.823. The maximum atomic E-state index is 13.5. The van der Waals surface area contributed by atoms with E-state index in [0.29, 0.717) is 6.54 Å². The smallest absolute Gasteiger partial charge is 0.196 e. The van der Waals surface area contributed by atoms with Gasteiger partial charge in [0.2, 0.25) is 0 Å². The lowest BCUT2D eigenvalue weighted by Crippen LogP contribution is -2.35. The van der Waals surface area contributed by atoms with Crippen molar-refractivity contribution in [1.29, 1.82) is 0 Å². The van der Waals surface area contributed by atoms with Gasteiger partial charge in [-0.25, -0.2) is 13.2 Å². The Bertz CT molecular complexity index is 445. The van der Waals surface area contributed by atoms with Crippen LogP contribution in [0.15, 0.2) is 12.1 Å². The van der Waals surface area contributed by atoms with Crippen LogP contribution in [0.5, 0.6) is 0 Å². The molecule has 1 aromatic carbocycles. The second-order valence-electron chi connectivity index (χ2n) is 5.30. The Labute approximate surface area is 110 Å². The van der Waals surface area contributed by atoms with Gasteiger partial charge in [0.05, 0.1) is 12.3 Å². The number of halogens is 3. The van der Waals surface area contributed by atoms with E-state index in [9.17, 15) is 18.3 Å². The molecule has 0 unspecified atom stereocenters. The zero-order valence-electron chi connectivity index (χ0n) is 10.7. The molecule has 0 saturated heterocycles. The minimum Gasteiger partial charge on any atom is -0.396 e. The van der Waals surface area contributed by atoms with Crippen LogP contribution < -0.4 is 5.32 Å². The van der Waals surface area contributed by atoms with E-state index in [0.717, 1.165) is 38.2 Å². The molecule has 0 bridgehead atoms. The highest BCUT2D eigenvalue weighted by atomic mass is 19.2. The Morgan fingerprint density at radius 3 is 2.37 bits per heavy atom. The van der Waals surface area contributed by atoms with Gasteiger partial charge in [-0.3, -0.25) is 0 Å². The van der Waals surface area contributed by atoms with Gasteiger partial charge in [0, 0.05) is 12.0 Å². The minimum atomic E-state index is -1.47. The predicted molar refractivity (Wildman–Crippen MR) is 67.4 cm³/mol. The standard InChI is InChI=1S/C14H18F3NO/c15-10-4-5-11(13(17)12(10)16)18-8-14(9-19)6-2-1-3-7-14/h4-5,18-19H,1-3,6-9H2. The Hall–Kier alpha value is -1.23. The minimum absolute atomic E-state index is 0.0191. The molecule has 0 atom stereocenters. The maximum absolute atomic E-state index is 13.5. The van der Waals surface area contributed by atoms with Crippen LogP contribution in [-0.4, -0.2) is 18.3 Å². The van der Waals surface area contributed by atoms with Crippen LogP contribution in [0, 0.1) is 22.9 Å². The van der Waals surface area contributed by atoms with Gasteiger partial charge in [0.15, 0.2) is 17.5 Å². The molecule has 2 rings (SSSR count). The first kappa shape index (κ1) is 14.2. The number of nitrogens with one attached hydrogen (secondary N) is 1. The molecule has 0 heterocycles. The third-order valence-electron chi connectivity index (χ3n) is 3.94. The summed E-state index contributed by atoms with van der Waals surface area (Å²) in [7, 11) is 0. The van der Waals surface area contributed by atoms with E-state index in [2.05, 4.69) is 5.32 Å². The second-order valence-corrected chi connectivity index (χ2v) is 5.30. The first-order valence-corrected chi connectivity index (χ1v) is 6.56. The van der Waals surface area contributed by atoms with Crippen LogP contribution in [0.1, 0.15) is 32.1 Å². The van der Waals surface area contributed by atoms with E-state index in [1.54, 1.807) is 0 Å². The van der Waals surface area contributed by atoms with Gasteiger partial charge in [-0.2, -0.15) is 0 Å². The summed E-state index contributed by atoms with van der Waals surface area (Å²) in [6.45, 7) is 0.386. The first-order chi connectivity index (χ1) is 9.08. The number of hydrogen-bond acceptors (Lipinski definition) is 2. The molecule has 1 aliphatic carbocycles. The average molecular weight is 273 g/mol. The van der Waals surface area contributed by atoms with Crippen molar-refractivity contribution in [2.24, 2.45) is 5.41 Å². The van der Waals surface area contributed by atoms with Crippen LogP contribution in [0.25, 0.3) is 0 Å². The molecule has 2 N–H and O–H groups in total. The van der Waals surface area contributed by atoms with Gasteiger partial charge in [-0.05, 0) is 25.0 Å². The fourth-order valence-electron chi connectivity index (χ4n) is 2.64. The molecule has 1 saturated carbocycles. The summed E-state index contributed by atoms with van der Waals surface area (Å²) in [5.74, 6) is -3.87. The molecule has 0 aromatic heterocycles. The van der Waals surface area contributed by atoms with Gasteiger partial charge in [-0.15, -0.1) is 0 Å². The van der Waals surface area contributed by atoms with Crippen LogP contribution in [0.2, 0.25) is 0 Å². The van der Waals surface area contributed by atoms with Crippen molar-refractivity contribution in [3.8, 4) is 0 Å². The maximum Gasteiger partial charge on any atom is 0.196 e. The largest absolute Gasteiger partial charge is 0.396 e. The molecule has 0 spiro atoms. The summed E-state index contributed by atoms with van der Waals surface area (Å²) < 4.78 is 39.4. The van der Waals surface area contributed by atoms with Crippen LogP contribution >= 0.6 is 0 Å². The zero-order valence-corrected chi connectivity index (χ0v) is 10.7. The number of benzene rings is 1. The van der Waals surface area contributed by atoms with E-state index in [1.165, 1.54) is 6.07 Å². The molecule has 2 nitrogen and oxygen atoms in total. The topological polar surface area (TPSA) is 32.3 Å². The number of hydrogen-bond donors (Lipinski definition) is 2. The summed E-state index contributed by atoms with van der Waals surface area (Å²) in [5.41, 5.74) is -0.340. The van der Waals surface area contributed by atoms with E-state index in [4.69, 9.17) is 0 Å². The summed E-state index contributed by atoms with van der Waals surface area (Å²) in [6, 6.07) is 2.08. The van der Waals surface area contributed by atoms with Gasteiger partial charge < -0.3 is 10.4 Å². The molecule has 0 amide bonds. The Balaban J connectivity index is 2.07. The molecule has 19 heavy (non-hydrogen) atoms. The van der Waals surface area contributed by atoms with Crippen molar-refractivity contribution >= 4 is 5.69 Å². The highest BCUT2D eigenvalue weighted by Gasteiger charge is 2.31. The average Bonchev–Trinajstić information content (AvgIpc) is 2.45. The third kappa shape index (κ3) is 3.03. The molecule has 1 fully saturated rings. The SMILES string of the molecule is OCC1(CNc2ccc(F)c(F)c2F)CCCCC1. The van der Waals surface area contributed by atoms with Crippen LogP contribution in [0.3, 0.4) is 0 Å². The lowest BCUT2D eigenvalue weighted by Gasteiger charge is -2.36. The molecule has 5 heteroatoms. The lowest BCUT2D eigenvalue weighted by molar-refractivity contribution is 0.0943.